The predicted octanol–water partition coefficient (Wildman–Crippen LogP) is 3.43. The molecule has 0 aromatic rings. The standard InChI is InChI=1S/C15H18O/c1-15-8-3-2-4-14(15)13-6-5-12(16)10-11(13)7-9-15/h2-3,7,9-10,13-14H,4-6,8H2,1H3/t13-,14+,15-/m0/s1. The largest absolute Gasteiger partial charge is 0.295 e. The van der Waals surface area contributed by atoms with Crippen molar-refractivity contribution in [2.24, 2.45) is 17.3 Å². The van der Waals surface area contributed by atoms with Crippen LogP contribution in [-0.2, 0) is 4.79 Å². The summed E-state index contributed by atoms with van der Waals surface area (Å²) in [5.41, 5.74) is 1.62. The summed E-state index contributed by atoms with van der Waals surface area (Å²) in [7, 11) is 0. The molecule has 0 saturated carbocycles. The molecule has 0 aliphatic heterocycles. The van der Waals surface area contributed by atoms with Crippen LogP contribution in [0.3, 0.4) is 0 Å². The lowest BCUT2D eigenvalue weighted by atomic mass is 9.58. The molecule has 0 spiro atoms. The minimum atomic E-state index is 0.311. The van der Waals surface area contributed by atoms with Gasteiger partial charge in [0.2, 0.25) is 0 Å². The summed E-state index contributed by atoms with van der Waals surface area (Å²) < 4.78 is 0. The first-order valence-electron chi connectivity index (χ1n) is 6.28. The first-order valence-corrected chi connectivity index (χ1v) is 6.28. The van der Waals surface area contributed by atoms with Crippen LogP contribution in [0.2, 0.25) is 0 Å². The molecule has 0 unspecified atom stereocenters. The van der Waals surface area contributed by atoms with Crippen LogP contribution < -0.4 is 0 Å². The third kappa shape index (κ3) is 1.41. The van der Waals surface area contributed by atoms with Crippen LogP contribution in [0.5, 0.6) is 0 Å². The summed E-state index contributed by atoms with van der Waals surface area (Å²) in [5.74, 6) is 1.64. The van der Waals surface area contributed by atoms with Crippen molar-refractivity contribution in [2.45, 2.75) is 32.6 Å². The highest BCUT2D eigenvalue weighted by molar-refractivity contribution is 5.92. The van der Waals surface area contributed by atoms with Gasteiger partial charge in [-0.2, -0.15) is 0 Å². The lowest BCUT2D eigenvalue weighted by Gasteiger charge is -2.46. The number of carbonyl (C=O) groups is 1. The first kappa shape index (κ1) is 10.1. The zero-order valence-corrected chi connectivity index (χ0v) is 9.78. The number of allylic oxidation sites excluding steroid dienone is 6. The normalized spacial score (nSPS) is 41.3. The smallest absolute Gasteiger partial charge is 0.155 e. The second kappa shape index (κ2) is 3.44. The molecular formula is C15H18O. The van der Waals surface area contributed by atoms with Crippen LogP contribution >= 0.6 is 0 Å². The minimum Gasteiger partial charge on any atom is -0.295 e. The summed E-state index contributed by atoms with van der Waals surface area (Å²) in [4.78, 5) is 11.4. The van der Waals surface area contributed by atoms with Crippen LogP contribution in [0.25, 0.3) is 0 Å². The van der Waals surface area contributed by atoms with Crippen LogP contribution in [-0.4, -0.2) is 5.78 Å². The minimum absolute atomic E-state index is 0.311. The quantitative estimate of drug-likeness (QED) is 0.565. The summed E-state index contributed by atoms with van der Waals surface area (Å²) in [5, 5.41) is 0. The molecule has 0 N–H and O–H groups in total. The Balaban J connectivity index is 2.02. The lowest BCUT2D eigenvalue weighted by molar-refractivity contribution is -0.115. The van der Waals surface area contributed by atoms with E-state index in [0.717, 1.165) is 19.3 Å². The second-order valence-electron chi connectivity index (χ2n) is 5.61. The summed E-state index contributed by atoms with van der Waals surface area (Å²) in [6.45, 7) is 2.37. The van der Waals surface area contributed by atoms with Crippen molar-refractivity contribution in [3.05, 3.63) is 36.0 Å². The van der Waals surface area contributed by atoms with E-state index in [2.05, 4.69) is 31.2 Å². The maximum absolute atomic E-state index is 11.4. The molecule has 16 heavy (non-hydrogen) atoms. The van der Waals surface area contributed by atoms with Gasteiger partial charge in [-0.15, -0.1) is 0 Å². The molecule has 3 rings (SSSR count). The highest BCUT2D eigenvalue weighted by Crippen LogP contribution is 2.51. The Kier molecular flexibility index (Phi) is 2.17. The van der Waals surface area contributed by atoms with E-state index in [1.54, 1.807) is 0 Å². The molecule has 0 bridgehead atoms. The van der Waals surface area contributed by atoms with E-state index >= 15 is 0 Å². The fourth-order valence-electron chi connectivity index (χ4n) is 3.54. The van der Waals surface area contributed by atoms with Crippen molar-refractivity contribution in [1.29, 1.82) is 0 Å². The topological polar surface area (TPSA) is 17.1 Å². The van der Waals surface area contributed by atoms with Gasteiger partial charge in [0.25, 0.3) is 0 Å². The van der Waals surface area contributed by atoms with Crippen LogP contribution in [0.1, 0.15) is 32.6 Å². The van der Waals surface area contributed by atoms with Crippen molar-refractivity contribution in [1.82, 2.24) is 0 Å². The molecule has 0 fully saturated rings. The molecule has 0 aromatic carbocycles. The van der Waals surface area contributed by atoms with E-state index in [1.165, 1.54) is 12.0 Å². The molecule has 0 saturated heterocycles. The Labute approximate surface area is 96.9 Å². The fourth-order valence-corrected chi connectivity index (χ4v) is 3.54. The van der Waals surface area contributed by atoms with E-state index in [9.17, 15) is 4.79 Å². The van der Waals surface area contributed by atoms with Crippen LogP contribution in [0.15, 0.2) is 36.0 Å². The predicted molar refractivity (Wildman–Crippen MR) is 64.9 cm³/mol. The molecule has 84 valence electrons. The number of ketones is 1. The molecule has 3 aliphatic carbocycles. The van der Waals surface area contributed by atoms with Gasteiger partial charge < -0.3 is 0 Å². The zero-order valence-electron chi connectivity index (χ0n) is 9.78. The third-order valence-electron chi connectivity index (χ3n) is 4.56. The SMILES string of the molecule is C[C@]12C=CC3=CC(=O)CC[C@@H]3[C@H]1CC=CC2. The van der Waals surface area contributed by atoms with E-state index in [0.29, 0.717) is 23.0 Å². The molecule has 0 heterocycles. The van der Waals surface area contributed by atoms with Gasteiger partial charge in [0, 0.05) is 6.42 Å². The van der Waals surface area contributed by atoms with Gasteiger partial charge in [0.1, 0.15) is 0 Å². The number of hydrogen-bond donors (Lipinski definition) is 0. The van der Waals surface area contributed by atoms with E-state index < -0.39 is 0 Å². The fraction of sp³-hybridized carbons (Fsp3) is 0.533. The van der Waals surface area contributed by atoms with Gasteiger partial charge in [-0.25, -0.2) is 0 Å². The highest BCUT2D eigenvalue weighted by atomic mass is 16.1. The summed E-state index contributed by atoms with van der Waals surface area (Å²) >= 11 is 0. The molecule has 1 heteroatoms. The van der Waals surface area contributed by atoms with Crippen molar-refractivity contribution < 1.29 is 4.79 Å². The Hall–Kier alpha value is -1.11. The number of fused-ring (bicyclic) bond motifs is 3. The van der Waals surface area contributed by atoms with Gasteiger partial charge in [-0.05, 0) is 48.2 Å². The van der Waals surface area contributed by atoms with Crippen molar-refractivity contribution >= 4 is 5.78 Å². The second-order valence-corrected chi connectivity index (χ2v) is 5.61. The number of carbonyl (C=O) groups excluding carboxylic acids is 1. The van der Waals surface area contributed by atoms with Gasteiger partial charge in [-0.1, -0.05) is 31.2 Å². The highest BCUT2D eigenvalue weighted by Gasteiger charge is 2.42. The van der Waals surface area contributed by atoms with Crippen LogP contribution in [0, 0.1) is 17.3 Å². The Bertz CT molecular complexity index is 413. The van der Waals surface area contributed by atoms with Gasteiger partial charge in [-0.3, -0.25) is 4.79 Å². The first-order chi connectivity index (χ1) is 7.69. The molecule has 0 radical (unpaired) electrons. The monoisotopic (exact) mass is 214 g/mol. The molecule has 0 aromatic heterocycles. The molecule has 0 amide bonds. The number of hydrogen-bond acceptors (Lipinski definition) is 1. The van der Waals surface area contributed by atoms with Gasteiger partial charge in [0.15, 0.2) is 5.78 Å². The maximum Gasteiger partial charge on any atom is 0.155 e. The molecule has 3 atom stereocenters. The average Bonchev–Trinajstić information content (AvgIpc) is 2.28. The van der Waals surface area contributed by atoms with Crippen molar-refractivity contribution in [2.75, 3.05) is 0 Å². The average molecular weight is 214 g/mol. The molecule has 1 nitrogen and oxygen atoms in total. The lowest BCUT2D eigenvalue weighted by Crippen LogP contribution is -2.37. The van der Waals surface area contributed by atoms with Gasteiger partial charge >= 0.3 is 0 Å². The summed E-state index contributed by atoms with van der Waals surface area (Å²) in [6.07, 6.45) is 15.2. The Morgan fingerprint density at radius 3 is 3.12 bits per heavy atom. The Morgan fingerprint density at radius 2 is 2.25 bits per heavy atom. The summed E-state index contributed by atoms with van der Waals surface area (Å²) in [6, 6.07) is 0. The van der Waals surface area contributed by atoms with Gasteiger partial charge in [0.05, 0.1) is 0 Å². The molecule has 3 aliphatic rings. The molecular weight excluding hydrogens is 196 g/mol. The van der Waals surface area contributed by atoms with Crippen molar-refractivity contribution in [3.63, 3.8) is 0 Å². The van der Waals surface area contributed by atoms with E-state index in [4.69, 9.17) is 0 Å². The zero-order chi connectivity index (χ0) is 11.2. The number of rotatable bonds is 0. The van der Waals surface area contributed by atoms with E-state index in [-0.39, 0.29) is 0 Å². The van der Waals surface area contributed by atoms with Crippen molar-refractivity contribution in [3.8, 4) is 0 Å². The van der Waals surface area contributed by atoms with E-state index in [1.807, 2.05) is 6.08 Å². The third-order valence-corrected chi connectivity index (χ3v) is 4.56. The Morgan fingerprint density at radius 1 is 1.38 bits per heavy atom. The van der Waals surface area contributed by atoms with Crippen LogP contribution in [0.4, 0.5) is 0 Å². The maximum atomic E-state index is 11.4.